The van der Waals surface area contributed by atoms with E-state index in [1.807, 2.05) is 18.2 Å². The number of rotatable bonds is 4. The van der Waals surface area contributed by atoms with Gasteiger partial charge < -0.3 is 10.1 Å². The second-order valence-electron chi connectivity index (χ2n) is 3.81. The van der Waals surface area contributed by atoms with Crippen LogP contribution >= 0.6 is 39.1 Å². The molecule has 0 unspecified atom stereocenters. The first-order valence-electron chi connectivity index (χ1n) is 5.47. The molecule has 0 spiro atoms. The standard InChI is InChI=1S/C13H11BrCl2N2O/c1-19-12-3-2-9(15)4-8(12)6-17-10-5-11(14)13(16)18-7-10/h2-5,7,17H,6H2,1H3. The first kappa shape index (κ1) is 14.4. The largest absolute Gasteiger partial charge is 0.496 e. The molecule has 1 aromatic carbocycles. The molecule has 0 atom stereocenters. The average Bonchev–Trinajstić information content (AvgIpc) is 2.40. The number of aromatic nitrogens is 1. The van der Waals surface area contributed by atoms with E-state index >= 15 is 0 Å². The summed E-state index contributed by atoms with van der Waals surface area (Å²) in [4.78, 5) is 4.05. The number of nitrogens with zero attached hydrogens (tertiary/aromatic N) is 1. The predicted molar refractivity (Wildman–Crippen MR) is 82.3 cm³/mol. The summed E-state index contributed by atoms with van der Waals surface area (Å²) >= 11 is 15.2. The van der Waals surface area contributed by atoms with Crippen LogP contribution in [0.25, 0.3) is 0 Å². The van der Waals surface area contributed by atoms with Gasteiger partial charge in [-0.15, -0.1) is 0 Å². The molecule has 0 saturated carbocycles. The Morgan fingerprint density at radius 2 is 2.11 bits per heavy atom. The van der Waals surface area contributed by atoms with Gasteiger partial charge in [-0.2, -0.15) is 0 Å². The highest BCUT2D eigenvalue weighted by Gasteiger charge is 2.05. The van der Waals surface area contributed by atoms with Crippen molar-refractivity contribution < 1.29 is 4.74 Å². The highest BCUT2D eigenvalue weighted by Crippen LogP contribution is 2.26. The van der Waals surface area contributed by atoms with E-state index in [0.717, 1.165) is 21.5 Å². The van der Waals surface area contributed by atoms with Gasteiger partial charge in [0.05, 0.1) is 23.5 Å². The van der Waals surface area contributed by atoms with Crippen LogP contribution in [0, 0.1) is 0 Å². The van der Waals surface area contributed by atoms with Crippen LogP contribution in [-0.4, -0.2) is 12.1 Å². The van der Waals surface area contributed by atoms with Crippen molar-refractivity contribution in [2.75, 3.05) is 12.4 Å². The zero-order valence-corrected chi connectivity index (χ0v) is 13.2. The van der Waals surface area contributed by atoms with E-state index < -0.39 is 0 Å². The van der Waals surface area contributed by atoms with Crippen molar-refractivity contribution in [3.05, 3.63) is 50.7 Å². The SMILES string of the molecule is COc1ccc(Cl)cc1CNc1cnc(Cl)c(Br)c1. The van der Waals surface area contributed by atoms with Gasteiger partial charge >= 0.3 is 0 Å². The molecule has 0 bridgehead atoms. The molecule has 0 aliphatic heterocycles. The van der Waals surface area contributed by atoms with Crippen molar-refractivity contribution in [2.24, 2.45) is 0 Å². The molecule has 0 fully saturated rings. The molecule has 0 radical (unpaired) electrons. The Labute approximate surface area is 130 Å². The van der Waals surface area contributed by atoms with Gasteiger partial charge in [0.2, 0.25) is 0 Å². The zero-order chi connectivity index (χ0) is 13.8. The molecule has 2 rings (SSSR count). The summed E-state index contributed by atoms with van der Waals surface area (Å²) in [6, 6.07) is 7.37. The number of anilines is 1. The maximum absolute atomic E-state index is 5.98. The zero-order valence-electron chi connectivity index (χ0n) is 10.1. The number of methoxy groups -OCH3 is 1. The van der Waals surface area contributed by atoms with Crippen molar-refractivity contribution in [3.63, 3.8) is 0 Å². The normalized spacial score (nSPS) is 10.3. The quantitative estimate of drug-likeness (QED) is 0.796. The van der Waals surface area contributed by atoms with E-state index in [-0.39, 0.29) is 0 Å². The molecule has 1 aromatic heterocycles. The maximum Gasteiger partial charge on any atom is 0.143 e. The van der Waals surface area contributed by atoms with Crippen LogP contribution in [0.15, 0.2) is 34.9 Å². The van der Waals surface area contributed by atoms with Gasteiger partial charge in [0.25, 0.3) is 0 Å². The second-order valence-corrected chi connectivity index (χ2v) is 5.46. The first-order valence-corrected chi connectivity index (χ1v) is 7.02. The van der Waals surface area contributed by atoms with E-state index in [0.29, 0.717) is 16.7 Å². The Balaban J connectivity index is 2.13. The number of halogens is 3. The van der Waals surface area contributed by atoms with E-state index in [2.05, 4.69) is 26.2 Å². The molecule has 2 aromatic rings. The van der Waals surface area contributed by atoms with Gasteiger partial charge in [0, 0.05) is 17.1 Å². The molecule has 100 valence electrons. The minimum atomic E-state index is 0.436. The average molecular weight is 362 g/mol. The van der Waals surface area contributed by atoms with Gasteiger partial charge in [-0.25, -0.2) is 4.98 Å². The third-order valence-corrected chi connectivity index (χ3v) is 3.89. The van der Waals surface area contributed by atoms with Crippen molar-refractivity contribution in [1.82, 2.24) is 4.98 Å². The van der Waals surface area contributed by atoms with Gasteiger partial charge in [-0.3, -0.25) is 0 Å². The molecular formula is C13H11BrCl2N2O. The molecule has 1 N–H and O–H groups in total. The van der Waals surface area contributed by atoms with Crippen LogP contribution in [0.5, 0.6) is 5.75 Å². The highest BCUT2D eigenvalue weighted by atomic mass is 79.9. The molecule has 1 heterocycles. The van der Waals surface area contributed by atoms with Gasteiger partial charge in [0.1, 0.15) is 10.9 Å². The van der Waals surface area contributed by atoms with Gasteiger partial charge in [-0.05, 0) is 40.2 Å². The number of nitrogens with one attached hydrogen (secondary N) is 1. The number of pyridine rings is 1. The number of hydrogen-bond acceptors (Lipinski definition) is 3. The lowest BCUT2D eigenvalue weighted by Crippen LogP contribution is -2.02. The summed E-state index contributed by atoms with van der Waals surface area (Å²) in [6.07, 6.45) is 1.67. The van der Waals surface area contributed by atoms with Crippen molar-refractivity contribution in [1.29, 1.82) is 0 Å². The van der Waals surface area contributed by atoms with Crippen molar-refractivity contribution >= 4 is 44.8 Å². The van der Waals surface area contributed by atoms with E-state index in [1.54, 1.807) is 19.4 Å². The van der Waals surface area contributed by atoms with Crippen molar-refractivity contribution in [3.8, 4) is 5.75 Å². The second kappa shape index (κ2) is 6.46. The molecule has 6 heteroatoms. The number of benzene rings is 1. The smallest absolute Gasteiger partial charge is 0.143 e. The first-order chi connectivity index (χ1) is 9.10. The topological polar surface area (TPSA) is 34.1 Å². The summed E-state index contributed by atoms with van der Waals surface area (Å²) in [6.45, 7) is 0.583. The van der Waals surface area contributed by atoms with Gasteiger partial charge in [-0.1, -0.05) is 23.2 Å². The highest BCUT2D eigenvalue weighted by molar-refractivity contribution is 9.10. The Hall–Kier alpha value is -0.970. The van der Waals surface area contributed by atoms with Gasteiger partial charge in [0.15, 0.2) is 0 Å². The Bertz CT molecular complexity index is 593. The van der Waals surface area contributed by atoms with E-state index in [1.165, 1.54) is 0 Å². The summed E-state index contributed by atoms with van der Waals surface area (Å²) in [5.74, 6) is 0.790. The summed E-state index contributed by atoms with van der Waals surface area (Å²) in [5, 5.41) is 4.35. The number of hydrogen-bond donors (Lipinski definition) is 1. The third-order valence-electron chi connectivity index (χ3n) is 2.52. The maximum atomic E-state index is 5.98. The predicted octanol–water partition coefficient (Wildman–Crippen LogP) is 4.77. The fourth-order valence-corrected chi connectivity index (χ4v) is 2.25. The van der Waals surface area contributed by atoms with E-state index in [4.69, 9.17) is 27.9 Å². The van der Waals surface area contributed by atoms with Crippen LogP contribution in [0.3, 0.4) is 0 Å². The minimum Gasteiger partial charge on any atom is -0.496 e. The third kappa shape index (κ3) is 3.75. The molecule has 0 aliphatic carbocycles. The Kier molecular flexibility index (Phi) is 4.91. The minimum absolute atomic E-state index is 0.436. The van der Waals surface area contributed by atoms with Crippen LogP contribution < -0.4 is 10.1 Å². The fraction of sp³-hybridized carbons (Fsp3) is 0.154. The summed E-state index contributed by atoms with van der Waals surface area (Å²) < 4.78 is 6.03. The molecule has 0 saturated heterocycles. The lowest BCUT2D eigenvalue weighted by atomic mass is 10.2. The number of ether oxygens (including phenoxy) is 1. The van der Waals surface area contributed by atoms with E-state index in [9.17, 15) is 0 Å². The lowest BCUT2D eigenvalue weighted by Gasteiger charge is -2.11. The Morgan fingerprint density at radius 3 is 2.79 bits per heavy atom. The van der Waals surface area contributed by atoms with Crippen LogP contribution in [-0.2, 0) is 6.54 Å². The fourth-order valence-electron chi connectivity index (χ4n) is 1.60. The molecule has 0 aliphatic rings. The van der Waals surface area contributed by atoms with Crippen LogP contribution in [0.1, 0.15) is 5.56 Å². The summed E-state index contributed by atoms with van der Waals surface area (Å²) in [7, 11) is 1.63. The lowest BCUT2D eigenvalue weighted by molar-refractivity contribution is 0.410. The Morgan fingerprint density at radius 1 is 1.32 bits per heavy atom. The molecule has 19 heavy (non-hydrogen) atoms. The molecular weight excluding hydrogens is 351 g/mol. The van der Waals surface area contributed by atoms with Crippen LogP contribution in [0.4, 0.5) is 5.69 Å². The van der Waals surface area contributed by atoms with Crippen molar-refractivity contribution in [2.45, 2.75) is 6.54 Å². The molecule has 0 amide bonds. The summed E-state index contributed by atoms with van der Waals surface area (Å²) in [5.41, 5.74) is 1.83. The monoisotopic (exact) mass is 360 g/mol. The van der Waals surface area contributed by atoms with Crippen LogP contribution in [0.2, 0.25) is 10.2 Å². The molecule has 3 nitrogen and oxygen atoms in total.